The largest absolute Gasteiger partial charge is 0.293 e. The van der Waals surface area contributed by atoms with E-state index in [-0.39, 0.29) is 0 Å². The minimum absolute atomic E-state index is 0.695. The summed E-state index contributed by atoms with van der Waals surface area (Å²) in [5.41, 5.74) is 1.76. The average molecular weight is 214 g/mol. The number of rotatable bonds is 6. The van der Waals surface area contributed by atoms with Gasteiger partial charge in [0.15, 0.2) is 0 Å². The molecule has 0 aliphatic heterocycles. The highest BCUT2D eigenvalue weighted by molar-refractivity contribution is 5.79. The van der Waals surface area contributed by atoms with Crippen molar-refractivity contribution in [1.29, 1.82) is 5.26 Å². The molecule has 16 heavy (non-hydrogen) atoms. The molecule has 0 unspecified atom stereocenters. The minimum atomic E-state index is 0.695. The lowest BCUT2D eigenvalue weighted by Crippen LogP contribution is -1.86. The fraction of sp³-hybridized carbons (Fsp3) is 0.429. The fourth-order valence-electron chi connectivity index (χ4n) is 1.44. The van der Waals surface area contributed by atoms with Gasteiger partial charge >= 0.3 is 0 Å². The van der Waals surface area contributed by atoms with Gasteiger partial charge in [0.1, 0.15) is 0 Å². The van der Waals surface area contributed by atoms with Gasteiger partial charge < -0.3 is 0 Å². The lowest BCUT2D eigenvalue weighted by molar-refractivity contribution is 0.676. The van der Waals surface area contributed by atoms with E-state index in [1.165, 1.54) is 25.7 Å². The highest BCUT2D eigenvalue weighted by atomic mass is 14.7. The molecule has 2 heteroatoms. The average Bonchev–Trinajstić information content (AvgIpc) is 2.34. The van der Waals surface area contributed by atoms with E-state index in [4.69, 9.17) is 5.26 Å². The van der Waals surface area contributed by atoms with Gasteiger partial charge in [-0.05, 0) is 24.1 Å². The number of hydrogen-bond acceptors (Lipinski definition) is 2. The molecule has 1 rings (SSSR count). The number of nitrogens with zero attached hydrogens (tertiary/aromatic N) is 2. The number of unbranched alkanes of at least 4 members (excludes halogenated alkanes) is 3. The van der Waals surface area contributed by atoms with Crippen LogP contribution in [0.5, 0.6) is 0 Å². The van der Waals surface area contributed by atoms with Gasteiger partial charge in [0, 0.05) is 12.8 Å². The van der Waals surface area contributed by atoms with Crippen LogP contribution in [0.4, 0.5) is 0 Å². The van der Waals surface area contributed by atoms with E-state index >= 15 is 0 Å². The summed E-state index contributed by atoms with van der Waals surface area (Å²) in [5, 5.41) is 8.64. The van der Waals surface area contributed by atoms with Crippen molar-refractivity contribution >= 4 is 6.21 Å². The molecule has 0 amide bonds. The van der Waals surface area contributed by atoms with Crippen LogP contribution in [0.1, 0.15) is 43.7 Å². The highest BCUT2D eigenvalue weighted by Crippen LogP contribution is 2.02. The topological polar surface area (TPSA) is 36.1 Å². The van der Waals surface area contributed by atoms with Crippen LogP contribution < -0.4 is 0 Å². The Kier molecular flexibility index (Phi) is 5.95. The molecule has 0 N–H and O–H groups in total. The van der Waals surface area contributed by atoms with Crippen LogP contribution in [-0.4, -0.2) is 12.8 Å². The zero-order valence-electron chi connectivity index (χ0n) is 9.82. The van der Waals surface area contributed by atoms with Crippen molar-refractivity contribution in [3.8, 4) is 6.07 Å². The van der Waals surface area contributed by atoms with E-state index in [0.717, 1.165) is 12.1 Å². The van der Waals surface area contributed by atoms with E-state index in [9.17, 15) is 0 Å². The number of hydrogen-bond donors (Lipinski definition) is 0. The number of nitriles is 1. The molecule has 0 saturated heterocycles. The summed E-state index contributed by atoms with van der Waals surface area (Å²) in [6, 6.07) is 9.59. The van der Waals surface area contributed by atoms with Gasteiger partial charge in [-0.15, -0.1) is 0 Å². The summed E-state index contributed by atoms with van der Waals surface area (Å²) in [5.74, 6) is 0. The zero-order chi connectivity index (χ0) is 11.6. The summed E-state index contributed by atoms with van der Waals surface area (Å²) in [7, 11) is 0. The first-order valence-corrected chi connectivity index (χ1v) is 5.87. The Morgan fingerprint density at radius 2 is 1.94 bits per heavy atom. The SMILES string of the molecule is CCCCCC/N=C/c1ccc(C#N)cc1. The van der Waals surface area contributed by atoms with E-state index in [1.54, 1.807) is 0 Å². The molecule has 2 nitrogen and oxygen atoms in total. The summed E-state index contributed by atoms with van der Waals surface area (Å²) in [4.78, 5) is 4.36. The molecule has 0 radical (unpaired) electrons. The van der Waals surface area contributed by atoms with Crippen molar-refractivity contribution in [1.82, 2.24) is 0 Å². The van der Waals surface area contributed by atoms with E-state index in [0.29, 0.717) is 5.56 Å². The second-order valence-electron chi connectivity index (χ2n) is 3.83. The van der Waals surface area contributed by atoms with Gasteiger partial charge in [-0.2, -0.15) is 5.26 Å². The molecular weight excluding hydrogens is 196 g/mol. The molecule has 0 fully saturated rings. The quantitative estimate of drug-likeness (QED) is 0.527. The van der Waals surface area contributed by atoms with Crippen molar-refractivity contribution in [2.75, 3.05) is 6.54 Å². The van der Waals surface area contributed by atoms with Gasteiger partial charge in [0.2, 0.25) is 0 Å². The van der Waals surface area contributed by atoms with Gasteiger partial charge in [-0.3, -0.25) is 4.99 Å². The second-order valence-corrected chi connectivity index (χ2v) is 3.83. The third-order valence-corrected chi connectivity index (χ3v) is 2.42. The lowest BCUT2D eigenvalue weighted by Gasteiger charge is -1.95. The maximum absolute atomic E-state index is 8.64. The van der Waals surface area contributed by atoms with Crippen molar-refractivity contribution in [3.63, 3.8) is 0 Å². The molecular formula is C14H18N2. The molecule has 0 heterocycles. The van der Waals surface area contributed by atoms with Crippen LogP contribution in [0.2, 0.25) is 0 Å². The third-order valence-electron chi connectivity index (χ3n) is 2.42. The summed E-state index contributed by atoms with van der Waals surface area (Å²) in [6.07, 6.45) is 6.88. The molecule has 0 aliphatic rings. The fourth-order valence-corrected chi connectivity index (χ4v) is 1.44. The molecule has 1 aromatic carbocycles. The predicted octanol–water partition coefficient (Wildman–Crippen LogP) is 3.56. The van der Waals surface area contributed by atoms with Crippen molar-refractivity contribution in [3.05, 3.63) is 35.4 Å². The van der Waals surface area contributed by atoms with E-state index in [2.05, 4.69) is 18.0 Å². The molecule has 0 atom stereocenters. The summed E-state index contributed by atoms with van der Waals surface area (Å²) in [6.45, 7) is 3.11. The van der Waals surface area contributed by atoms with Crippen LogP contribution in [0, 0.1) is 11.3 Å². The smallest absolute Gasteiger partial charge is 0.0991 e. The van der Waals surface area contributed by atoms with Crippen LogP contribution in [0.3, 0.4) is 0 Å². The molecule has 0 saturated carbocycles. The predicted molar refractivity (Wildman–Crippen MR) is 67.8 cm³/mol. The summed E-state index contributed by atoms with van der Waals surface area (Å²) < 4.78 is 0. The van der Waals surface area contributed by atoms with E-state index in [1.807, 2.05) is 30.5 Å². The monoisotopic (exact) mass is 214 g/mol. The Balaban J connectivity index is 2.30. The lowest BCUT2D eigenvalue weighted by atomic mass is 10.2. The Bertz CT molecular complexity index is 357. The van der Waals surface area contributed by atoms with Crippen molar-refractivity contribution < 1.29 is 0 Å². The standard InChI is InChI=1S/C14H18N2/c1-2-3-4-5-10-16-12-14-8-6-13(11-15)7-9-14/h6-9,12H,2-5,10H2,1H3/b16-12+. The molecule has 84 valence electrons. The first-order chi connectivity index (χ1) is 7.86. The molecule has 0 aliphatic carbocycles. The zero-order valence-corrected chi connectivity index (χ0v) is 9.82. The molecule has 1 aromatic rings. The van der Waals surface area contributed by atoms with Crippen LogP contribution in [-0.2, 0) is 0 Å². The number of benzene rings is 1. The van der Waals surface area contributed by atoms with Crippen molar-refractivity contribution in [2.24, 2.45) is 4.99 Å². The van der Waals surface area contributed by atoms with Gasteiger partial charge in [-0.1, -0.05) is 38.3 Å². The normalized spacial score (nSPS) is 10.5. The first-order valence-electron chi connectivity index (χ1n) is 5.87. The van der Waals surface area contributed by atoms with E-state index < -0.39 is 0 Å². The van der Waals surface area contributed by atoms with Crippen LogP contribution in [0.25, 0.3) is 0 Å². The van der Waals surface area contributed by atoms with Gasteiger partial charge in [0.05, 0.1) is 11.6 Å². The van der Waals surface area contributed by atoms with Crippen molar-refractivity contribution in [2.45, 2.75) is 32.6 Å². The third kappa shape index (κ3) is 4.75. The number of aliphatic imine (C=N–C) groups is 1. The Labute approximate surface area is 97.6 Å². The van der Waals surface area contributed by atoms with Crippen LogP contribution >= 0.6 is 0 Å². The second kappa shape index (κ2) is 7.64. The first kappa shape index (κ1) is 12.4. The molecule has 0 spiro atoms. The molecule has 0 bridgehead atoms. The van der Waals surface area contributed by atoms with Gasteiger partial charge in [-0.25, -0.2) is 0 Å². The maximum atomic E-state index is 8.64. The van der Waals surface area contributed by atoms with Crippen LogP contribution in [0.15, 0.2) is 29.3 Å². The van der Waals surface area contributed by atoms with Gasteiger partial charge in [0.25, 0.3) is 0 Å². The Morgan fingerprint density at radius 3 is 2.56 bits per heavy atom. The molecule has 0 aromatic heterocycles. The highest BCUT2D eigenvalue weighted by Gasteiger charge is 1.90. The Morgan fingerprint density at radius 1 is 1.19 bits per heavy atom. The summed E-state index contributed by atoms with van der Waals surface area (Å²) >= 11 is 0. The Hall–Kier alpha value is -1.62. The maximum Gasteiger partial charge on any atom is 0.0991 e. The minimum Gasteiger partial charge on any atom is -0.293 e.